The number of ether oxygens (including phenoxy) is 1. The van der Waals surface area contributed by atoms with Crippen LogP contribution in [-0.2, 0) is 14.6 Å². The van der Waals surface area contributed by atoms with Gasteiger partial charge in [0, 0.05) is 11.8 Å². The minimum Gasteiger partial charge on any atom is -0.463 e. The maximum atomic E-state index is 11.3. The Bertz CT molecular complexity index is 454. The van der Waals surface area contributed by atoms with Gasteiger partial charge in [-0.3, -0.25) is 0 Å². The molecule has 0 amide bonds. The van der Waals surface area contributed by atoms with E-state index in [4.69, 9.17) is 4.42 Å². The Balaban J connectivity index is 3.42. The lowest BCUT2D eigenvalue weighted by Crippen LogP contribution is -2.07. The normalized spacial score (nSPS) is 11.4. The number of esters is 1. The summed E-state index contributed by atoms with van der Waals surface area (Å²) in [7, 11) is -2.31. The summed E-state index contributed by atoms with van der Waals surface area (Å²) in [6, 6.07) is 0. The van der Waals surface area contributed by atoms with E-state index in [1.165, 1.54) is 6.26 Å². The van der Waals surface area contributed by atoms with Crippen molar-refractivity contribution in [1.82, 2.24) is 0 Å². The predicted molar refractivity (Wildman–Crippen MR) is 47.9 cm³/mol. The van der Waals surface area contributed by atoms with Gasteiger partial charge in [-0.25, -0.2) is 13.2 Å². The molecule has 0 saturated heterocycles. The van der Waals surface area contributed by atoms with Gasteiger partial charge in [-0.05, 0) is 6.92 Å². The van der Waals surface area contributed by atoms with E-state index in [9.17, 15) is 13.2 Å². The molecule has 0 N–H and O–H groups in total. The molecule has 0 aromatic carbocycles. The summed E-state index contributed by atoms with van der Waals surface area (Å²) in [6.07, 6.45) is 2.22. The van der Waals surface area contributed by atoms with Crippen LogP contribution in [0.15, 0.2) is 15.6 Å². The monoisotopic (exact) mass is 218 g/mol. The van der Waals surface area contributed by atoms with E-state index in [1.54, 1.807) is 6.92 Å². The van der Waals surface area contributed by atoms with Gasteiger partial charge in [0.15, 0.2) is 9.84 Å². The molecule has 6 heteroatoms. The van der Waals surface area contributed by atoms with Crippen LogP contribution in [0, 0.1) is 6.92 Å². The molecule has 1 rings (SSSR count). The quantitative estimate of drug-likeness (QED) is 0.686. The zero-order chi connectivity index (χ0) is 10.9. The molecule has 0 spiro atoms. The number of carbonyl (C=O) groups is 1. The first-order valence-electron chi connectivity index (χ1n) is 3.74. The summed E-state index contributed by atoms with van der Waals surface area (Å²) in [5.41, 5.74) is 0.396. The lowest BCUT2D eigenvalue weighted by Gasteiger charge is -1.99. The molecule has 0 radical (unpaired) electrons. The lowest BCUT2D eigenvalue weighted by molar-refractivity contribution is 0.0559. The fraction of sp³-hybridized carbons (Fsp3) is 0.375. The molecule has 78 valence electrons. The molecule has 1 aromatic rings. The number of carbonyl (C=O) groups excluding carboxylic acids is 1. The third-order valence-corrected chi connectivity index (χ3v) is 2.91. The molecule has 0 bridgehead atoms. The smallest absolute Gasteiger partial charge is 0.375 e. The Hall–Kier alpha value is -1.30. The van der Waals surface area contributed by atoms with Gasteiger partial charge in [0.1, 0.15) is 4.90 Å². The molecule has 0 saturated carbocycles. The third-order valence-electron chi connectivity index (χ3n) is 1.66. The van der Waals surface area contributed by atoms with Crippen molar-refractivity contribution in [3.8, 4) is 0 Å². The first-order chi connectivity index (χ1) is 6.38. The van der Waals surface area contributed by atoms with Gasteiger partial charge in [0.2, 0.25) is 5.76 Å². The van der Waals surface area contributed by atoms with E-state index in [2.05, 4.69) is 4.74 Å². The zero-order valence-corrected chi connectivity index (χ0v) is 8.84. The standard InChI is InChI=1S/C8H10O5S/c1-5-4-13-6(8(9)12-2)7(5)14(3,10)11/h4H,1-3H3. The van der Waals surface area contributed by atoms with Crippen molar-refractivity contribution in [2.75, 3.05) is 13.4 Å². The molecular weight excluding hydrogens is 208 g/mol. The van der Waals surface area contributed by atoms with Gasteiger partial charge >= 0.3 is 5.97 Å². The topological polar surface area (TPSA) is 73.6 Å². The van der Waals surface area contributed by atoms with Gasteiger partial charge < -0.3 is 9.15 Å². The van der Waals surface area contributed by atoms with Crippen LogP contribution in [0.2, 0.25) is 0 Å². The second-order valence-electron chi connectivity index (χ2n) is 2.84. The van der Waals surface area contributed by atoms with Crippen molar-refractivity contribution in [2.45, 2.75) is 11.8 Å². The van der Waals surface area contributed by atoms with Crippen LogP contribution in [-0.4, -0.2) is 27.8 Å². The van der Waals surface area contributed by atoms with Crippen LogP contribution in [0.5, 0.6) is 0 Å². The first kappa shape index (κ1) is 10.8. The minimum absolute atomic E-state index is 0.107. The number of methoxy groups -OCH3 is 1. The summed E-state index contributed by atoms with van der Waals surface area (Å²) in [6.45, 7) is 1.55. The summed E-state index contributed by atoms with van der Waals surface area (Å²) in [5.74, 6) is -1.06. The Morgan fingerprint density at radius 3 is 2.50 bits per heavy atom. The highest BCUT2D eigenvalue weighted by atomic mass is 32.2. The number of aryl methyl sites for hydroxylation is 1. The Kier molecular flexibility index (Phi) is 2.66. The molecule has 0 aliphatic heterocycles. The number of furan rings is 1. The molecule has 14 heavy (non-hydrogen) atoms. The largest absolute Gasteiger partial charge is 0.463 e. The van der Waals surface area contributed by atoms with Gasteiger partial charge in [-0.15, -0.1) is 0 Å². The van der Waals surface area contributed by atoms with Crippen molar-refractivity contribution in [3.63, 3.8) is 0 Å². The van der Waals surface area contributed by atoms with Gasteiger partial charge in [-0.1, -0.05) is 0 Å². The predicted octanol–water partition coefficient (Wildman–Crippen LogP) is 0.778. The average Bonchev–Trinajstić information content (AvgIpc) is 2.44. The summed E-state index contributed by atoms with van der Waals surface area (Å²) in [5, 5.41) is 0. The highest BCUT2D eigenvalue weighted by Crippen LogP contribution is 2.22. The molecule has 0 atom stereocenters. The second kappa shape index (κ2) is 3.45. The highest BCUT2D eigenvalue weighted by Gasteiger charge is 2.25. The number of sulfone groups is 1. The van der Waals surface area contributed by atoms with Crippen LogP contribution in [0.4, 0.5) is 0 Å². The van der Waals surface area contributed by atoms with E-state index < -0.39 is 15.8 Å². The fourth-order valence-corrected chi connectivity index (χ4v) is 2.23. The molecule has 0 aliphatic carbocycles. The Morgan fingerprint density at radius 1 is 1.50 bits per heavy atom. The maximum Gasteiger partial charge on any atom is 0.375 e. The highest BCUT2D eigenvalue weighted by molar-refractivity contribution is 7.90. The fourth-order valence-electron chi connectivity index (χ4n) is 1.13. The lowest BCUT2D eigenvalue weighted by atomic mass is 10.3. The molecule has 5 nitrogen and oxygen atoms in total. The van der Waals surface area contributed by atoms with Crippen LogP contribution in [0.25, 0.3) is 0 Å². The van der Waals surface area contributed by atoms with E-state index in [0.29, 0.717) is 5.56 Å². The van der Waals surface area contributed by atoms with E-state index in [1.807, 2.05) is 0 Å². The minimum atomic E-state index is -3.47. The molecule has 1 heterocycles. The van der Waals surface area contributed by atoms with Gasteiger partial charge in [0.05, 0.1) is 13.4 Å². The molecule has 0 unspecified atom stereocenters. The number of hydrogen-bond donors (Lipinski definition) is 0. The van der Waals surface area contributed by atoms with E-state index in [-0.39, 0.29) is 10.7 Å². The maximum absolute atomic E-state index is 11.3. The van der Waals surface area contributed by atoms with E-state index in [0.717, 1.165) is 13.4 Å². The SMILES string of the molecule is COC(=O)c1occ(C)c1S(C)(=O)=O. The van der Waals surface area contributed by atoms with Crippen LogP contribution in [0.1, 0.15) is 16.1 Å². The van der Waals surface area contributed by atoms with Crippen molar-refractivity contribution >= 4 is 15.8 Å². The van der Waals surface area contributed by atoms with Crippen LogP contribution >= 0.6 is 0 Å². The summed E-state index contributed by atoms with van der Waals surface area (Å²) in [4.78, 5) is 11.0. The van der Waals surface area contributed by atoms with Crippen molar-refractivity contribution in [2.24, 2.45) is 0 Å². The molecule has 1 aromatic heterocycles. The number of hydrogen-bond acceptors (Lipinski definition) is 5. The third kappa shape index (κ3) is 1.79. The van der Waals surface area contributed by atoms with E-state index >= 15 is 0 Å². The Labute approximate surface area is 81.6 Å². The molecule has 0 aliphatic rings. The van der Waals surface area contributed by atoms with Crippen molar-refractivity contribution in [3.05, 3.63) is 17.6 Å². The Morgan fingerprint density at radius 2 is 2.07 bits per heavy atom. The average molecular weight is 218 g/mol. The molecular formula is C8H10O5S. The summed E-state index contributed by atoms with van der Waals surface area (Å²) < 4.78 is 31.8. The zero-order valence-electron chi connectivity index (χ0n) is 8.03. The van der Waals surface area contributed by atoms with Crippen molar-refractivity contribution in [1.29, 1.82) is 0 Å². The number of rotatable bonds is 2. The van der Waals surface area contributed by atoms with Crippen LogP contribution < -0.4 is 0 Å². The van der Waals surface area contributed by atoms with Gasteiger partial charge in [0.25, 0.3) is 0 Å². The first-order valence-corrected chi connectivity index (χ1v) is 5.63. The summed E-state index contributed by atoms with van der Waals surface area (Å²) >= 11 is 0. The van der Waals surface area contributed by atoms with Crippen LogP contribution in [0.3, 0.4) is 0 Å². The van der Waals surface area contributed by atoms with Gasteiger partial charge in [-0.2, -0.15) is 0 Å². The molecule has 0 fully saturated rings. The van der Waals surface area contributed by atoms with Crippen molar-refractivity contribution < 1.29 is 22.4 Å². The second-order valence-corrected chi connectivity index (χ2v) is 4.79.